The predicted octanol–water partition coefficient (Wildman–Crippen LogP) is 2.77. The highest BCUT2D eigenvalue weighted by Crippen LogP contribution is 2.22. The van der Waals surface area contributed by atoms with Crippen molar-refractivity contribution < 1.29 is 4.74 Å². The lowest BCUT2D eigenvalue weighted by atomic mass is 10.2. The second kappa shape index (κ2) is 11.9. The van der Waals surface area contributed by atoms with Crippen LogP contribution in [0.25, 0.3) is 0 Å². The van der Waals surface area contributed by atoms with Gasteiger partial charge in [-0.1, -0.05) is 6.07 Å². The van der Waals surface area contributed by atoms with Crippen LogP contribution in [-0.2, 0) is 13.5 Å². The molecule has 0 aliphatic carbocycles. The number of nitrogens with one attached hydrogen (secondary N) is 1. The Balaban J connectivity index is 0.00000300. The van der Waals surface area contributed by atoms with Gasteiger partial charge >= 0.3 is 0 Å². The molecule has 8 heteroatoms. The molecule has 0 atom stereocenters. The van der Waals surface area contributed by atoms with E-state index < -0.39 is 0 Å². The molecule has 0 saturated carbocycles. The van der Waals surface area contributed by atoms with Gasteiger partial charge in [0.25, 0.3) is 0 Å². The van der Waals surface area contributed by atoms with Crippen molar-refractivity contribution in [1.29, 1.82) is 0 Å². The van der Waals surface area contributed by atoms with Gasteiger partial charge in [0, 0.05) is 64.3 Å². The Morgan fingerprint density at radius 1 is 1.24 bits per heavy atom. The number of aromatic nitrogens is 2. The summed E-state index contributed by atoms with van der Waals surface area (Å²) in [5.74, 6) is 1.93. The van der Waals surface area contributed by atoms with Crippen molar-refractivity contribution in [3.63, 3.8) is 0 Å². The van der Waals surface area contributed by atoms with E-state index in [1.807, 2.05) is 30.1 Å². The zero-order chi connectivity index (χ0) is 19.8. The number of guanidine groups is 1. The molecule has 1 saturated heterocycles. The van der Waals surface area contributed by atoms with Gasteiger partial charge in [0.05, 0.1) is 13.3 Å². The molecule has 0 bridgehead atoms. The number of hydrogen-bond acceptors (Lipinski definition) is 4. The smallest absolute Gasteiger partial charge is 0.194 e. The molecule has 7 nitrogen and oxygen atoms in total. The van der Waals surface area contributed by atoms with Crippen LogP contribution in [0.4, 0.5) is 5.69 Å². The maximum Gasteiger partial charge on any atom is 0.194 e. The van der Waals surface area contributed by atoms with E-state index >= 15 is 0 Å². The van der Waals surface area contributed by atoms with Crippen LogP contribution in [-0.4, -0.2) is 67.0 Å². The molecule has 160 valence electrons. The van der Waals surface area contributed by atoms with Gasteiger partial charge in [0.1, 0.15) is 5.75 Å². The van der Waals surface area contributed by atoms with E-state index in [1.54, 1.807) is 7.11 Å². The quantitative estimate of drug-likeness (QED) is 0.268. The SMILES string of the molecule is CCNC(=NCCCc1cnn(C)c1)N1CCN(c2cccc(OC)c2)CC1.I. The van der Waals surface area contributed by atoms with Crippen LogP contribution < -0.4 is 15.0 Å². The van der Waals surface area contributed by atoms with Gasteiger partial charge in [-0.05, 0) is 37.5 Å². The third-order valence-electron chi connectivity index (χ3n) is 4.98. The average Bonchev–Trinajstić information content (AvgIpc) is 3.15. The largest absolute Gasteiger partial charge is 0.497 e. The van der Waals surface area contributed by atoms with Crippen LogP contribution in [0.15, 0.2) is 41.7 Å². The van der Waals surface area contributed by atoms with E-state index in [2.05, 4.69) is 45.5 Å². The number of hydrogen-bond donors (Lipinski definition) is 1. The number of nitrogens with zero attached hydrogens (tertiary/aromatic N) is 5. The maximum absolute atomic E-state index is 5.35. The van der Waals surface area contributed by atoms with Crippen molar-refractivity contribution in [3.05, 3.63) is 42.2 Å². The van der Waals surface area contributed by atoms with Gasteiger partial charge in [-0.3, -0.25) is 9.67 Å². The zero-order valence-electron chi connectivity index (χ0n) is 17.7. The summed E-state index contributed by atoms with van der Waals surface area (Å²) in [5.41, 5.74) is 2.49. The molecule has 0 unspecified atom stereocenters. The van der Waals surface area contributed by atoms with Gasteiger partial charge < -0.3 is 19.9 Å². The van der Waals surface area contributed by atoms with Gasteiger partial charge in [0.2, 0.25) is 0 Å². The molecule has 0 radical (unpaired) electrons. The van der Waals surface area contributed by atoms with Gasteiger partial charge in [-0.2, -0.15) is 5.10 Å². The van der Waals surface area contributed by atoms with Gasteiger partial charge in [0.15, 0.2) is 5.96 Å². The Morgan fingerprint density at radius 2 is 2.03 bits per heavy atom. The highest BCUT2D eigenvalue weighted by atomic mass is 127. The number of halogens is 1. The molecule has 0 amide bonds. The Bertz CT molecular complexity index is 770. The predicted molar refractivity (Wildman–Crippen MR) is 130 cm³/mol. The number of piperazine rings is 1. The van der Waals surface area contributed by atoms with Crippen molar-refractivity contribution in [2.45, 2.75) is 19.8 Å². The van der Waals surface area contributed by atoms with Crippen molar-refractivity contribution in [2.75, 3.05) is 51.3 Å². The fourth-order valence-corrected chi connectivity index (χ4v) is 3.48. The first kappa shape index (κ1) is 23.3. The molecule has 1 fully saturated rings. The van der Waals surface area contributed by atoms with Crippen LogP contribution in [0.2, 0.25) is 0 Å². The lowest BCUT2D eigenvalue weighted by molar-refractivity contribution is 0.372. The summed E-state index contributed by atoms with van der Waals surface area (Å²) in [7, 11) is 3.67. The topological polar surface area (TPSA) is 57.9 Å². The first-order valence-electron chi connectivity index (χ1n) is 10.1. The molecule has 1 aromatic heterocycles. The van der Waals surface area contributed by atoms with Gasteiger partial charge in [-0.15, -0.1) is 24.0 Å². The molecular formula is C21H33IN6O. The van der Waals surface area contributed by atoms with E-state index in [-0.39, 0.29) is 24.0 Å². The second-order valence-electron chi connectivity index (χ2n) is 7.04. The Hall–Kier alpha value is -1.97. The number of ether oxygens (including phenoxy) is 1. The number of aryl methyl sites for hydroxylation is 2. The highest BCUT2D eigenvalue weighted by molar-refractivity contribution is 14.0. The average molecular weight is 512 g/mol. The van der Waals surface area contributed by atoms with Crippen LogP contribution in [0.5, 0.6) is 5.75 Å². The second-order valence-corrected chi connectivity index (χ2v) is 7.04. The van der Waals surface area contributed by atoms with Crippen LogP contribution >= 0.6 is 24.0 Å². The summed E-state index contributed by atoms with van der Waals surface area (Å²) in [4.78, 5) is 9.62. The van der Waals surface area contributed by atoms with Crippen LogP contribution in [0.3, 0.4) is 0 Å². The zero-order valence-corrected chi connectivity index (χ0v) is 20.0. The van der Waals surface area contributed by atoms with E-state index in [0.29, 0.717) is 0 Å². The normalized spacial score (nSPS) is 14.5. The molecule has 2 aromatic rings. The summed E-state index contributed by atoms with van der Waals surface area (Å²) in [6.45, 7) is 7.72. The Morgan fingerprint density at radius 3 is 2.69 bits per heavy atom. The van der Waals surface area contributed by atoms with Crippen molar-refractivity contribution in [2.24, 2.45) is 12.0 Å². The molecular weight excluding hydrogens is 479 g/mol. The molecule has 29 heavy (non-hydrogen) atoms. The van der Waals surface area contributed by atoms with Crippen LogP contribution in [0, 0.1) is 0 Å². The lowest BCUT2D eigenvalue weighted by Crippen LogP contribution is -2.52. The van der Waals surface area contributed by atoms with Crippen molar-refractivity contribution in [3.8, 4) is 5.75 Å². The van der Waals surface area contributed by atoms with Gasteiger partial charge in [-0.25, -0.2) is 0 Å². The minimum Gasteiger partial charge on any atom is -0.497 e. The maximum atomic E-state index is 5.35. The van der Waals surface area contributed by atoms with E-state index in [1.165, 1.54) is 11.3 Å². The number of methoxy groups -OCH3 is 1. The number of aliphatic imine (C=N–C) groups is 1. The molecule has 0 spiro atoms. The van der Waals surface area contributed by atoms with Crippen molar-refractivity contribution in [1.82, 2.24) is 20.0 Å². The number of benzene rings is 1. The number of rotatable bonds is 7. The molecule has 1 N–H and O–H groups in total. The monoisotopic (exact) mass is 512 g/mol. The Kier molecular flexibility index (Phi) is 9.56. The standard InChI is InChI=1S/C21H32N6O.HI/c1-4-22-21(23-10-6-7-18-16-24-25(2)17-18)27-13-11-26(12-14-27)19-8-5-9-20(15-19)28-3;/h5,8-9,15-17H,4,6-7,10-14H2,1-3H3,(H,22,23);1H. The first-order valence-corrected chi connectivity index (χ1v) is 10.1. The third kappa shape index (κ3) is 6.80. The summed E-state index contributed by atoms with van der Waals surface area (Å²) < 4.78 is 7.21. The molecule has 3 rings (SSSR count). The summed E-state index contributed by atoms with van der Waals surface area (Å²) in [6.07, 6.45) is 6.06. The summed E-state index contributed by atoms with van der Waals surface area (Å²) in [5, 5.41) is 7.67. The fraction of sp³-hybridized carbons (Fsp3) is 0.524. The fourth-order valence-electron chi connectivity index (χ4n) is 3.48. The molecule has 1 aliphatic rings. The van der Waals surface area contributed by atoms with E-state index in [4.69, 9.17) is 9.73 Å². The Labute approximate surface area is 191 Å². The van der Waals surface area contributed by atoms with Crippen molar-refractivity contribution >= 4 is 35.6 Å². The minimum absolute atomic E-state index is 0. The summed E-state index contributed by atoms with van der Waals surface area (Å²) in [6, 6.07) is 8.29. The number of anilines is 1. The van der Waals surface area contributed by atoms with E-state index in [9.17, 15) is 0 Å². The van der Waals surface area contributed by atoms with Crippen LogP contribution in [0.1, 0.15) is 18.9 Å². The molecule has 2 heterocycles. The summed E-state index contributed by atoms with van der Waals surface area (Å²) >= 11 is 0. The minimum atomic E-state index is 0. The third-order valence-corrected chi connectivity index (χ3v) is 4.98. The van der Waals surface area contributed by atoms with E-state index in [0.717, 1.165) is 63.8 Å². The molecule has 1 aliphatic heterocycles. The highest BCUT2D eigenvalue weighted by Gasteiger charge is 2.20. The first-order chi connectivity index (χ1) is 13.7. The molecule has 1 aromatic carbocycles. The lowest BCUT2D eigenvalue weighted by Gasteiger charge is -2.37.